The topological polar surface area (TPSA) is 17.8 Å². The van der Waals surface area contributed by atoms with E-state index in [2.05, 4.69) is 4.98 Å². The first-order valence-corrected chi connectivity index (χ1v) is 1.81. The first-order valence-electron chi connectivity index (χ1n) is 1.81. The number of hydrogen-bond acceptors (Lipinski definition) is 1. The van der Waals surface area contributed by atoms with Crippen LogP contribution >= 0.6 is 0 Å². The molecule has 10 heavy (non-hydrogen) atoms. The molecule has 0 bridgehead atoms. The van der Waals surface area contributed by atoms with Crippen LogP contribution in [0.15, 0.2) is 18.7 Å². The normalized spacial score (nSPS) is 5.30. The summed E-state index contributed by atoms with van der Waals surface area (Å²) >= 11 is 0. The number of rotatable bonds is 0. The van der Waals surface area contributed by atoms with Crippen molar-refractivity contribution in [2.45, 2.75) is 0 Å². The Morgan fingerprint density at radius 1 is 1.20 bits per heavy atom. The van der Waals surface area contributed by atoms with Crippen molar-refractivity contribution in [1.29, 1.82) is 0 Å². The van der Waals surface area contributed by atoms with Crippen molar-refractivity contribution in [3.8, 4) is 0 Å². The van der Waals surface area contributed by atoms with Gasteiger partial charge in [0.05, 0.1) is 14.7 Å². The summed E-state index contributed by atoms with van der Waals surface area (Å²) in [6.07, 6.45) is 5.39. The largest absolute Gasteiger partial charge is 0.341 e. The van der Waals surface area contributed by atoms with Crippen LogP contribution < -0.4 is 0 Å². The molecule has 0 atom stereocenters. The maximum Gasteiger partial charge on any atom is 0.0943 e. The fraction of sp³-hybridized carbons (Fsp3) is 0.250. The van der Waals surface area contributed by atoms with Crippen LogP contribution in [0.5, 0.6) is 0 Å². The first kappa shape index (κ1) is 23.0. The monoisotopic (exact) mass is 156 g/mol. The summed E-state index contributed by atoms with van der Waals surface area (Å²) in [5.41, 5.74) is 0. The van der Waals surface area contributed by atoms with E-state index in [9.17, 15) is 0 Å². The lowest BCUT2D eigenvalue weighted by Crippen LogP contribution is -1.76. The molecule has 0 aliphatic carbocycles. The summed E-state index contributed by atoms with van der Waals surface area (Å²) in [7, 11) is 1.94. The van der Waals surface area contributed by atoms with Crippen molar-refractivity contribution in [2.24, 2.45) is 7.05 Å². The van der Waals surface area contributed by atoms with E-state index in [1.807, 2.05) is 17.8 Å². The fourth-order valence-electron chi connectivity index (χ4n) is 0.326. The van der Waals surface area contributed by atoms with Gasteiger partial charge in [0, 0.05) is 19.4 Å². The number of hydrogen-bond donors (Lipinski definition) is 0. The zero-order chi connectivity index (χ0) is 4.41. The smallest absolute Gasteiger partial charge is 0.0943 e. The van der Waals surface area contributed by atoms with Crippen LogP contribution in [0.1, 0.15) is 0 Å². The molecule has 0 aliphatic heterocycles. The standard InChI is InChI=1S/C4H6N2.BH3.3FH/c1-6-3-2-5-4-6;;;;/h2-4H,1H3;1H3;3*1H. The van der Waals surface area contributed by atoms with Crippen LogP contribution in [0.25, 0.3) is 0 Å². The second kappa shape index (κ2) is 10.9. The van der Waals surface area contributed by atoms with E-state index in [0.29, 0.717) is 0 Å². The van der Waals surface area contributed by atoms with E-state index in [-0.39, 0.29) is 22.5 Å². The molecule has 0 spiro atoms. The summed E-state index contributed by atoms with van der Waals surface area (Å²) in [4.78, 5) is 3.78. The Balaban J connectivity index is -0.0000000450. The first-order chi connectivity index (χ1) is 2.89. The molecule has 62 valence electrons. The molecule has 0 aromatic carbocycles. The second-order valence-electron chi connectivity index (χ2n) is 1.23. The quantitative estimate of drug-likeness (QED) is 0.471. The number of aromatic nitrogens is 2. The summed E-state index contributed by atoms with van der Waals surface area (Å²) in [6.45, 7) is 0. The highest BCUT2D eigenvalue weighted by atomic mass is 19.0. The number of nitrogens with zero attached hydrogens (tertiary/aromatic N) is 2. The Kier molecular flexibility index (Phi) is 25.2. The maximum absolute atomic E-state index is 3.78. The molecular formula is C4H12BF3N2. The molecule has 0 saturated heterocycles. The minimum Gasteiger partial charge on any atom is -0.341 e. The predicted octanol–water partition coefficient (Wildman–Crippen LogP) is -0.306. The summed E-state index contributed by atoms with van der Waals surface area (Å²) < 4.78 is 1.89. The summed E-state index contributed by atoms with van der Waals surface area (Å²) in [5, 5.41) is 0. The Labute approximate surface area is 58.9 Å². The van der Waals surface area contributed by atoms with Gasteiger partial charge in [0.1, 0.15) is 0 Å². The highest BCUT2D eigenvalue weighted by Crippen LogP contribution is 1.73. The molecule has 1 aromatic rings. The van der Waals surface area contributed by atoms with E-state index in [0.717, 1.165) is 0 Å². The molecule has 1 aromatic heterocycles. The number of imidazole rings is 1. The third kappa shape index (κ3) is 7.06. The summed E-state index contributed by atoms with van der Waals surface area (Å²) in [5.74, 6) is 0. The highest BCUT2D eigenvalue weighted by Gasteiger charge is 1.69. The molecule has 0 unspecified atom stereocenters. The van der Waals surface area contributed by atoms with Crippen molar-refractivity contribution >= 4 is 8.41 Å². The molecule has 0 saturated carbocycles. The molecule has 1 rings (SSSR count). The SMILES string of the molecule is B.Cn1ccnc1.F.F.F. The van der Waals surface area contributed by atoms with Gasteiger partial charge in [-0.3, -0.25) is 14.1 Å². The molecule has 0 radical (unpaired) electrons. The molecule has 2 nitrogen and oxygen atoms in total. The zero-order valence-corrected chi connectivity index (χ0v) is 4.85. The molecular weight excluding hydrogens is 144 g/mol. The van der Waals surface area contributed by atoms with Crippen LogP contribution in [-0.4, -0.2) is 18.0 Å². The Morgan fingerprint density at radius 2 is 1.70 bits per heavy atom. The van der Waals surface area contributed by atoms with Gasteiger partial charge in [0.25, 0.3) is 0 Å². The van der Waals surface area contributed by atoms with Crippen LogP contribution in [0.3, 0.4) is 0 Å². The van der Waals surface area contributed by atoms with Crippen LogP contribution in [0.4, 0.5) is 14.1 Å². The Bertz CT molecular complexity index is 122. The lowest BCUT2D eigenvalue weighted by Gasteiger charge is -1.76. The van der Waals surface area contributed by atoms with E-state index in [1.165, 1.54) is 0 Å². The third-order valence-electron chi connectivity index (χ3n) is 0.637. The highest BCUT2D eigenvalue weighted by molar-refractivity contribution is 5.75. The number of halogens is 3. The zero-order valence-electron chi connectivity index (χ0n) is 4.85. The van der Waals surface area contributed by atoms with E-state index in [4.69, 9.17) is 0 Å². The van der Waals surface area contributed by atoms with Crippen molar-refractivity contribution < 1.29 is 14.1 Å². The van der Waals surface area contributed by atoms with Crippen LogP contribution in [0.2, 0.25) is 0 Å². The third-order valence-corrected chi connectivity index (χ3v) is 0.637. The van der Waals surface area contributed by atoms with Crippen molar-refractivity contribution in [3.05, 3.63) is 18.7 Å². The predicted molar refractivity (Wildman–Crippen MR) is 40.7 cm³/mol. The van der Waals surface area contributed by atoms with E-state index >= 15 is 0 Å². The van der Waals surface area contributed by atoms with Crippen molar-refractivity contribution in [2.75, 3.05) is 0 Å². The average molecular weight is 156 g/mol. The lowest BCUT2D eigenvalue weighted by molar-refractivity contribution is 0.913. The minimum atomic E-state index is 0. The van der Waals surface area contributed by atoms with Gasteiger partial charge >= 0.3 is 0 Å². The van der Waals surface area contributed by atoms with Gasteiger partial charge < -0.3 is 4.57 Å². The molecule has 1 heterocycles. The van der Waals surface area contributed by atoms with Crippen molar-refractivity contribution in [1.82, 2.24) is 9.55 Å². The van der Waals surface area contributed by atoms with Gasteiger partial charge in [-0.2, -0.15) is 0 Å². The Morgan fingerprint density at radius 3 is 1.80 bits per heavy atom. The van der Waals surface area contributed by atoms with E-state index in [1.54, 1.807) is 12.5 Å². The van der Waals surface area contributed by atoms with Gasteiger partial charge in [-0.1, -0.05) is 0 Å². The van der Waals surface area contributed by atoms with Gasteiger partial charge in [0.15, 0.2) is 0 Å². The van der Waals surface area contributed by atoms with Gasteiger partial charge in [-0.05, 0) is 0 Å². The number of aryl methyl sites for hydroxylation is 1. The summed E-state index contributed by atoms with van der Waals surface area (Å²) in [6, 6.07) is 0. The van der Waals surface area contributed by atoms with E-state index < -0.39 is 0 Å². The second-order valence-corrected chi connectivity index (χ2v) is 1.23. The van der Waals surface area contributed by atoms with Gasteiger partial charge in [-0.25, -0.2) is 4.98 Å². The van der Waals surface area contributed by atoms with Gasteiger partial charge in [-0.15, -0.1) is 0 Å². The minimum absolute atomic E-state index is 0. The lowest BCUT2D eigenvalue weighted by atomic mass is 10.8. The molecule has 0 amide bonds. The average Bonchev–Trinajstić information content (AvgIpc) is 1.86. The van der Waals surface area contributed by atoms with Gasteiger partial charge in [0.2, 0.25) is 0 Å². The maximum atomic E-state index is 3.78. The molecule has 0 aliphatic rings. The fourth-order valence-corrected chi connectivity index (χ4v) is 0.326. The Hall–Kier alpha value is -0.935. The van der Waals surface area contributed by atoms with Crippen LogP contribution in [-0.2, 0) is 7.05 Å². The van der Waals surface area contributed by atoms with Crippen LogP contribution in [0, 0.1) is 0 Å². The molecule has 6 heteroatoms. The molecule has 0 fully saturated rings. The molecule has 0 N–H and O–H groups in total. The van der Waals surface area contributed by atoms with Crippen molar-refractivity contribution in [3.63, 3.8) is 0 Å².